The topological polar surface area (TPSA) is 89.5 Å². The van der Waals surface area contributed by atoms with Gasteiger partial charge in [0.15, 0.2) is 5.58 Å². The van der Waals surface area contributed by atoms with Gasteiger partial charge in [0.05, 0.1) is 0 Å². The molecule has 0 aliphatic rings. The molecule has 4 rings (SSSR count). The summed E-state index contributed by atoms with van der Waals surface area (Å²) in [5.74, 6) is 0.102. The molecule has 1 N–H and O–H groups in total. The molecular formula is C21H20N4O3. The molecule has 142 valence electrons. The second-order valence-corrected chi connectivity index (χ2v) is 7.82. The van der Waals surface area contributed by atoms with E-state index in [1.54, 1.807) is 30.5 Å². The van der Waals surface area contributed by atoms with Crippen LogP contribution in [0.1, 0.15) is 42.6 Å². The lowest BCUT2D eigenvalue weighted by atomic mass is 9.97. The fourth-order valence-electron chi connectivity index (χ4n) is 2.86. The molecule has 0 spiro atoms. The molecule has 0 radical (unpaired) electrons. The number of nitrogens with zero attached hydrogens (tertiary/aromatic N) is 3. The molecule has 0 atom stereocenters. The largest absolute Gasteiger partial charge is 0.440 e. The lowest BCUT2D eigenvalue weighted by molar-refractivity contribution is 0.102. The average Bonchev–Trinajstić information content (AvgIpc) is 3.06. The van der Waals surface area contributed by atoms with Gasteiger partial charge in [-0.1, -0.05) is 26.8 Å². The fraction of sp³-hybridized carbons (Fsp3) is 0.238. The first-order chi connectivity index (χ1) is 13.2. The highest BCUT2D eigenvalue weighted by atomic mass is 16.3. The number of oxazole rings is 1. The number of carbonyl (C=O) groups is 1. The van der Waals surface area contributed by atoms with E-state index in [-0.39, 0.29) is 11.0 Å². The Morgan fingerprint density at radius 1 is 1.18 bits per heavy atom. The molecule has 7 nitrogen and oxygen atoms in total. The van der Waals surface area contributed by atoms with Gasteiger partial charge in [0.2, 0.25) is 5.89 Å². The summed E-state index contributed by atoms with van der Waals surface area (Å²) in [6.45, 7) is 7.92. The second kappa shape index (κ2) is 6.30. The summed E-state index contributed by atoms with van der Waals surface area (Å²) in [6.07, 6.45) is 2.96. The predicted molar refractivity (Wildman–Crippen MR) is 107 cm³/mol. The number of fused-ring (bicyclic) bond motifs is 2. The van der Waals surface area contributed by atoms with Crippen molar-refractivity contribution < 1.29 is 9.21 Å². The number of anilines is 1. The van der Waals surface area contributed by atoms with Crippen LogP contribution < -0.4 is 10.9 Å². The van der Waals surface area contributed by atoms with Gasteiger partial charge in [-0.2, -0.15) is 0 Å². The molecule has 28 heavy (non-hydrogen) atoms. The second-order valence-electron chi connectivity index (χ2n) is 7.82. The minimum absolute atomic E-state index is 0.0290. The summed E-state index contributed by atoms with van der Waals surface area (Å²) in [7, 11) is 0. The summed E-state index contributed by atoms with van der Waals surface area (Å²) < 4.78 is 7.14. The maximum absolute atomic E-state index is 12.7. The first-order valence-electron chi connectivity index (χ1n) is 8.93. The fourth-order valence-corrected chi connectivity index (χ4v) is 2.86. The van der Waals surface area contributed by atoms with Gasteiger partial charge in [-0.15, -0.1) is 0 Å². The predicted octanol–water partition coefficient (Wildman–Crippen LogP) is 3.69. The van der Waals surface area contributed by atoms with Crippen LogP contribution in [0.3, 0.4) is 0 Å². The number of rotatable bonds is 2. The number of benzene rings is 1. The maximum atomic E-state index is 12.7. The minimum Gasteiger partial charge on any atom is -0.440 e. The third-order valence-corrected chi connectivity index (χ3v) is 4.38. The molecule has 1 amide bonds. The van der Waals surface area contributed by atoms with E-state index < -0.39 is 11.5 Å². The van der Waals surface area contributed by atoms with Crippen molar-refractivity contribution in [2.45, 2.75) is 33.1 Å². The van der Waals surface area contributed by atoms with E-state index in [1.807, 2.05) is 33.8 Å². The highest BCUT2D eigenvalue weighted by Gasteiger charge is 2.21. The van der Waals surface area contributed by atoms with Crippen LogP contribution in [0, 0.1) is 6.92 Å². The van der Waals surface area contributed by atoms with Crippen LogP contribution >= 0.6 is 0 Å². The third kappa shape index (κ3) is 3.15. The van der Waals surface area contributed by atoms with E-state index in [2.05, 4.69) is 15.3 Å². The van der Waals surface area contributed by atoms with Gasteiger partial charge in [0.25, 0.3) is 11.5 Å². The van der Waals surface area contributed by atoms with Crippen molar-refractivity contribution in [3.05, 3.63) is 70.1 Å². The highest BCUT2D eigenvalue weighted by Crippen LogP contribution is 2.27. The number of nitrogens with one attached hydrogen (secondary N) is 1. The Morgan fingerprint density at radius 2 is 1.96 bits per heavy atom. The van der Waals surface area contributed by atoms with E-state index in [0.29, 0.717) is 28.3 Å². The van der Waals surface area contributed by atoms with E-state index in [9.17, 15) is 9.59 Å². The molecule has 0 bridgehead atoms. The van der Waals surface area contributed by atoms with Crippen molar-refractivity contribution in [1.29, 1.82) is 0 Å². The minimum atomic E-state index is -0.521. The number of hydrogen-bond acceptors (Lipinski definition) is 5. The first kappa shape index (κ1) is 17.9. The smallest absolute Gasteiger partial charge is 0.270 e. The van der Waals surface area contributed by atoms with Crippen LogP contribution in [0.25, 0.3) is 16.7 Å². The van der Waals surface area contributed by atoms with Crippen LogP contribution in [-0.2, 0) is 5.41 Å². The molecule has 0 unspecified atom stereocenters. The molecule has 3 aromatic heterocycles. The Morgan fingerprint density at radius 3 is 2.71 bits per heavy atom. The Bertz CT molecular complexity index is 1280. The van der Waals surface area contributed by atoms with Crippen LogP contribution in [0.5, 0.6) is 0 Å². The Hall–Kier alpha value is -3.48. The molecule has 3 heterocycles. The summed E-state index contributed by atoms with van der Waals surface area (Å²) in [5, 5.41) is 2.74. The van der Waals surface area contributed by atoms with Crippen LogP contribution in [0.2, 0.25) is 0 Å². The van der Waals surface area contributed by atoms with Gasteiger partial charge in [-0.3, -0.25) is 14.0 Å². The molecule has 0 fully saturated rings. The van der Waals surface area contributed by atoms with Crippen molar-refractivity contribution >= 4 is 28.3 Å². The SMILES string of the molecule is Cc1ccc2ncc(C(=O)Nc3ccc4oc(C(C)(C)C)nc4c3)c(=O)n2c1. The monoisotopic (exact) mass is 376 g/mol. The van der Waals surface area contributed by atoms with E-state index in [4.69, 9.17) is 4.42 Å². The van der Waals surface area contributed by atoms with E-state index >= 15 is 0 Å². The summed E-state index contributed by atoms with van der Waals surface area (Å²) in [5.41, 5.74) is 2.55. The maximum Gasteiger partial charge on any atom is 0.270 e. The molecule has 7 heteroatoms. The molecule has 0 saturated carbocycles. The number of hydrogen-bond donors (Lipinski definition) is 1. The quantitative estimate of drug-likeness (QED) is 0.576. The van der Waals surface area contributed by atoms with Gasteiger partial charge in [0, 0.05) is 23.5 Å². The van der Waals surface area contributed by atoms with Crippen molar-refractivity contribution in [1.82, 2.24) is 14.4 Å². The van der Waals surface area contributed by atoms with Gasteiger partial charge in [0.1, 0.15) is 16.7 Å². The summed E-state index contributed by atoms with van der Waals surface area (Å²) in [6, 6.07) is 8.79. The zero-order valence-corrected chi connectivity index (χ0v) is 16.1. The number of aromatic nitrogens is 3. The lowest BCUT2D eigenvalue weighted by Gasteiger charge is -2.11. The van der Waals surface area contributed by atoms with Crippen LogP contribution in [0.15, 0.2) is 51.9 Å². The van der Waals surface area contributed by atoms with Crippen molar-refractivity contribution in [3.63, 3.8) is 0 Å². The van der Waals surface area contributed by atoms with Gasteiger partial charge >= 0.3 is 0 Å². The molecule has 0 aliphatic heterocycles. The lowest BCUT2D eigenvalue weighted by Crippen LogP contribution is -2.26. The first-order valence-corrected chi connectivity index (χ1v) is 8.93. The summed E-state index contributed by atoms with van der Waals surface area (Å²) in [4.78, 5) is 34.0. The normalized spacial score (nSPS) is 11.9. The van der Waals surface area contributed by atoms with Crippen LogP contribution in [0.4, 0.5) is 5.69 Å². The average molecular weight is 376 g/mol. The zero-order chi connectivity index (χ0) is 20.1. The van der Waals surface area contributed by atoms with Gasteiger partial charge < -0.3 is 9.73 Å². The van der Waals surface area contributed by atoms with Crippen molar-refractivity contribution in [2.75, 3.05) is 5.32 Å². The Balaban J connectivity index is 1.67. The Labute approximate surface area is 161 Å². The Kier molecular flexibility index (Phi) is 4.03. The molecule has 0 saturated heterocycles. The molecule has 0 aliphatic carbocycles. The number of amides is 1. The van der Waals surface area contributed by atoms with E-state index in [1.165, 1.54) is 10.6 Å². The van der Waals surface area contributed by atoms with Crippen molar-refractivity contribution in [3.8, 4) is 0 Å². The molecule has 1 aromatic carbocycles. The van der Waals surface area contributed by atoms with Crippen molar-refractivity contribution in [2.24, 2.45) is 0 Å². The highest BCUT2D eigenvalue weighted by molar-refractivity contribution is 6.04. The molecular weight excluding hydrogens is 356 g/mol. The van der Waals surface area contributed by atoms with Gasteiger partial charge in [-0.05, 0) is 36.8 Å². The number of aryl methyl sites for hydroxylation is 1. The molecule has 4 aromatic rings. The third-order valence-electron chi connectivity index (χ3n) is 4.38. The van der Waals surface area contributed by atoms with Gasteiger partial charge in [-0.25, -0.2) is 9.97 Å². The summed E-state index contributed by atoms with van der Waals surface area (Å²) >= 11 is 0. The number of carbonyl (C=O) groups excluding carboxylic acids is 1. The number of pyridine rings is 1. The standard InChI is InChI=1S/C21H20N4O3/c1-12-5-8-17-22-10-14(19(27)25(17)11-12)18(26)23-13-6-7-16-15(9-13)24-20(28-16)21(2,3)4/h5-11H,1-4H3,(H,23,26). The van der Waals surface area contributed by atoms with E-state index in [0.717, 1.165) is 5.56 Å². The zero-order valence-electron chi connectivity index (χ0n) is 16.1. The van der Waals surface area contributed by atoms with Crippen LogP contribution in [-0.4, -0.2) is 20.3 Å².